The minimum atomic E-state index is -4.64. The van der Waals surface area contributed by atoms with E-state index in [1.54, 1.807) is 0 Å². The maximum atomic E-state index is 8.88. The van der Waals surface area contributed by atoms with Crippen LogP contribution in [0.3, 0.4) is 0 Å². The summed E-state index contributed by atoms with van der Waals surface area (Å²) in [4.78, 5) is 43.1. The molecule has 0 amide bonds. The molecule has 0 aliphatic carbocycles. The quantitative estimate of drug-likeness (QED) is 0.183. The maximum Gasteiger partial charge on any atom is 0.466 e. The second-order valence-corrected chi connectivity index (χ2v) is 3.08. The van der Waals surface area contributed by atoms with Gasteiger partial charge in [-0.1, -0.05) is 0 Å². The molecule has 0 spiro atoms. The second-order valence-electron chi connectivity index (χ2n) is 1.03. The predicted molar refractivity (Wildman–Crippen MR) is 43.5 cm³/mol. The van der Waals surface area contributed by atoms with E-state index in [0.29, 0.717) is 0 Å². The van der Waals surface area contributed by atoms with Gasteiger partial charge in [-0.25, -0.2) is 9.13 Å². The average Bonchev–Trinajstić information content (AvgIpc) is 1.12. The molecular weight excluding hydrogens is 234 g/mol. The molecule has 0 aliphatic heterocycles. The smallest absolute Gasteiger partial charge is 0.412 e. The Morgan fingerprint density at radius 1 is 0.667 bits per heavy atom. The summed E-state index contributed by atoms with van der Waals surface area (Å²) in [7, 11) is -9.28. The van der Waals surface area contributed by atoms with Crippen LogP contribution in [-0.4, -0.2) is 45.8 Å². The summed E-state index contributed by atoms with van der Waals surface area (Å²) in [5.41, 5.74) is 0. The van der Waals surface area contributed by atoms with Gasteiger partial charge in [0.2, 0.25) is 0 Å². The monoisotopic (exact) mass is 246 g/mol. The van der Waals surface area contributed by atoms with Crippen LogP contribution in [0.1, 0.15) is 0 Å². The highest BCUT2D eigenvalue weighted by molar-refractivity contribution is 7.45. The summed E-state index contributed by atoms with van der Waals surface area (Å²) in [5, 5.41) is 0. The Balaban J connectivity index is -0.0000000457. The van der Waals surface area contributed by atoms with Crippen molar-refractivity contribution < 1.29 is 44.0 Å². The van der Waals surface area contributed by atoms with E-state index >= 15 is 0 Å². The molecule has 0 saturated carbocycles. The van der Waals surface area contributed by atoms with E-state index in [1.807, 2.05) is 0 Å². The molecule has 0 rings (SSSR count). The third kappa shape index (κ3) is 5830. The molecule has 12 heavy (non-hydrogen) atoms. The first-order chi connectivity index (χ1) is 4.00. The van der Waals surface area contributed by atoms with Gasteiger partial charge < -0.3 is 34.8 Å². The fraction of sp³-hybridized carbons (Fsp3) is 0. The van der Waals surface area contributed by atoms with Gasteiger partial charge in [-0.2, -0.15) is 0 Å². The molecule has 0 saturated heterocycles. The SMILES string of the molecule is O.O=P(O)(O)O.O=P(O)(O)O.[SiH4]. The topological polar surface area (TPSA) is 187 Å². The first-order valence-corrected chi connectivity index (χ1v) is 4.70. The Bertz CT molecular complexity index is 125. The molecule has 0 aliphatic rings. The van der Waals surface area contributed by atoms with Crippen LogP contribution in [-0.2, 0) is 9.13 Å². The fourth-order valence-corrected chi connectivity index (χ4v) is 0. The lowest BCUT2D eigenvalue weighted by molar-refractivity contribution is 0.272. The molecule has 80 valence electrons. The summed E-state index contributed by atoms with van der Waals surface area (Å²) in [5.74, 6) is 0. The van der Waals surface area contributed by atoms with Gasteiger partial charge in [-0.15, -0.1) is 0 Å². The van der Waals surface area contributed by atoms with Crippen LogP contribution in [0.2, 0.25) is 0 Å². The lowest BCUT2D eigenvalue weighted by Crippen LogP contribution is -1.66. The number of rotatable bonds is 0. The Hall–Kier alpha value is 0.397. The molecule has 12 heteroatoms. The second kappa shape index (κ2) is 8.02. The van der Waals surface area contributed by atoms with Crippen LogP contribution in [0.25, 0.3) is 0 Å². The van der Waals surface area contributed by atoms with Crippen molar-refractivity contribution in [2.75, 3.05) is 0 Å². The fourth-order valence-electron chi connectivity index (χ4n) is 0. The summed E-state index contributed by atoms with van der Waals surface area (Å²) >= 11 is 0. The first-order valence-electron chi connectivity index (χ1n) is 1.57. The summed E-state index contributed by atoms with van der Waals surface area (Å²) in [6.45, 7) is 0. The van der Waals surface area contributed by atoms with Crippen LogP contribution in [0, 0.1) is 0 Å². The van der Waals surface area contributed by atoms with Crippen LogP contribution < -0.4 is 0 Å². The van der Waals surface area contributed by atoms with Gasteiger partial charge in [0.05, 0.1) is 0 Å². The zero-order valence-corrected chi connectivity index (χ0v) is 6.68. The van der Waals surface area contributed by atoms with E-state index < -0.39 is 15.6 Å². The van der Waals surface area contributed by atoms with Crippen molar-refractivity contribution in [3.05, 3.63) is 0 Å². The molecule has 0 atom stereocenters. The van der Waals surface area contributed by atoms with Crippen molar-refractivity contribution in [2.45, 2.75) is 0 Å². The summed E-state index contributed by atoms with van der Waals surface area (Å²) in [6.07, 6.45) is 0. The van der Waals surface area contributed by atoms with Crippen LogP contribution in [0.15, 0.2) is 0 Å². The maximum absolute atomic E-state index is 8.88. The zero-order valence-electron chi connectivity index (χ0n) is 4.89. The minimum absolute atomic E-state index is 0. The molecule has 0 bridgehead atoms. The average molecular weight is 246 g/mol. The van der Waals surface area contributed by atoms with Gasteiger partial charge >= 0.3 is 15.6 Å². The highest BCUT2D eigenvalue weighted by Gasteiger charge is 2.00. The highest BCUT2D eigenvalue weighted by Crippen LogP contribution is 2.26. The Morgan fingerprint density at radius 3 is 0.667 bits per heavy atom. The van der Waals surface area contributed by atoms with Crippen LogP contribution in [0.4, 0.5) is 0 Å². The molecule has 0 radical (unpaired) electrons. The number of hydrogen-bond acceptors (Lipinski definition) is 2. The van der Waals surface area contributed by atoms with Gasteiger partial charge in [0.1, 0.15) is 0 Å². The molecule has 0 fully saturated rings. The van der Waals surface area contributed by atoms with Crippen molar-refractivity contribution in [1.29, 1.82) is 0 Å². The highest BCUT2D eigenvalue weighted by atomic mass is 31.2. The van der Waals surface area contributed by atoms with E-state index in [0.717, 1.165) is 0 Å². The van der Waals surface area contributed by atoms with E-state index in [2.05, 4.69) is 0 Å². The van der Waals surface area contributed by atoms with Crippen molar-refractivity contribution in [2.24, 2.45) is 0 Å². The van der Waals surface area contributed by atoms with E-state index in [-0.39, 0.29) is 16.4 Å². The minimum Gasteiger partial charge on any atom is -0.412 e. The molecule has 8 N–H and O–H groups in total. The lowest BCUT2D eigenvalue weighted by atomic mass is 15.8. The van der Waals surface area contributed by atoms with Crippen molar-refractivity contribution in [3.63, 3.8) is 0 Å². The Morgan fingerprint density at radius 2 is 0.667 bits per heavy atom. The molecule has 0 aromatic carbocycles. The third-order valence-corrected chi connectivity index (χ3v) is 0. The normalized spacial score (nSPS) is 9.83. The molecule has 0 aromatic heterocycles. The number of phosphoric acid groups is 2. The molecule has 0 aromatic rings. The van der Waals surface area contributed by atoms with Crippen molar-refractivity contribution >= 4 is 26.6 Å². The molecule has 0 heterocycles. The van der Waals surface area contributed by atoms with Gasteiger partial charge in [0.25, 0.3) is 0 Å². The number of hydrogen-bond donors (Lipinski definition) is 6. The van der Waals surface area contributed by atoms with Gasteiger partial charge in [-0.05, 0) is 11.0 Å². The summed E-state index contributed by atoms with van der Waals surface area (Å²) < 4.78 is 17.8. The Kier molecular flexibility index (Phi) is 15.3. The van der Waals surface area contributed by atoms with Crippen LogP contribution >= 0.6 is 15.6 Å². The van der Waals surface area contributed by atoms with Gasteiger partial charge in [0, 0.05) is 0 Å². The van der Waals surface area contributed by atoms with Crippen molar-refractivity contribution in [1.82, 2.24) is 0 Å². The molecule has 0 unspecified atom stereocenters. The Labute approximate surface area is 71.5 Å². The van der Waals surface area contributed by atoms with Gasteiger partial charge in [-0.3, -0.25) is 0 Å². The van der Waals surface area contributed by atoms with Gasteiger partial charge in [0.15, 0.2) is 0 Å². The van der Waals surface area contributed by atoms with Crippen molar-refractivity contribution in [3.8, 4) is 0 Å². The van der Waals surface area contributed by atoms with E-state index in [4.69, 9.17) is 38.5 Å². The van der Waals surface area contributed by atoms with Crippen LogP contribution in [0.5, 0.6) is 0 Å². The van der Waals surface area contributed by atoms with E-state index in [1.165, 1.54) is 0 Å². The van der Waals surface area contributed by atoms with E-state index in [9.17, 15) is 0 Å². The standard InChI is InChI=1S/2H3O4P.H2O.H4Si/c2*1-5(2,3)4;;/h2*(H3,1,2,3,4);1H2;1H4. The lowest BCUT2D eigenvalue weighted by Gasteiger charge is -1.82. The predicted octanol–water partition coefficient (Wildman–Crippen LogP) is -4.13. The first kappa shape index (κ1) is 22.8. The summed E-state index contributed by atoms with van der Waals surface area (Å²) in [6, 6.07) is 0. The third-order valence-electron chi connectivity index (χ3n) is 0. The zero-order chi connectivity index (χ0) is 9.00. The molecule has 9 nitrogen and oxygen atoms in total. The largest absolute Gasteiger partial charge is 0.466 e. The molecular formula is H12O9P2Si.